The number of nitrogens with one attached hydrogen (secondary N) is 2. The number of sulfonamides is 2. The van der Waals surface area contributed by atoms with Gasteiger partial charge in [0.2, 0.25) is 5.91 Å². The average Bonchev–Trinajstić information content (AvgIpc) is 2.94. The number of benzene rings is 4. The molecule has 9 nitrogen and oxygen atoms in total. The van der Waals surface area contributed by atoms with Gasteiger partial charge in [-0.3, -0.25) is 13.8 Å². The molecule has 11 heteroatoms. The fraction of sp³-hybridized carbons (Fsp3) is 0.138. The SMILES string of the molecule is COc1ccccc1N(CC(=O)Nc1ccc(S(=O)(=O)Nc2ccc(C)cc2C)cc1)S(=O)(=O)c1ccccc1. The first-order valence-electron chi connectivity index (χ1n) is 12.2. The Morgan fingerprint density at radius 1 is 0.800 bits per heavy atom. The van der Waals surface area contributed by atoms with Gasteiger partial charge >= 0.3 is 0 Å². The third-order valence-corrected chi connectivity index (χ3v) is 9.20. The molecule has 2 N–H and O–H groups in total. The van der Waals surface area contributed by atoms with E-state index in [9.17, 15) is 21.6 Å². The number of hydrogen-bond acceptors (Lipinski definition) is 6. The number of carbonyl (C=O) groups is 1. The molecule has 0 atom stereocenters. The molecule has 4 aromatic carbocycles. The molecule has 0 bridgehead atoms. The molecule has 0 radical (unpaired) electrons. The topological polar surface area (TPSA) is 122 Å². The fourth-order valence-electron chi connectivity index (χ4n) is 4.04. The molecule has 0 saturated heterocycles. The molecule has 40 heavy (non-hydrogen) atoms. The molecule has 0 unspecified atom stereocenters. The molecule has 1 amide bonds. The molecule has 4 rings (SSSR count). The quantitative estimate of drug-likeness (QED) is 0.274. The van der Waals surface area contributed by atoms with Crippen molar-refractivity contribution in [1.82, 2.24) is 0 Å². The first kappa shape index (κ1) is 28.7. The molecule has 0 aliphatic carbocycles. The van der Waals surface area contributed by atoms with E-state index in [0.29, 0.717) is 11.4 Å². The number of nitrogens with zero attached hydrogens (tertiary/aromatic N) is 1. The predicted molar refractivity (Wildman–Crippen MR) is 156 cm³/mol. The van der Waals surface area contributed by atoms with Crippen LogP contribution in [0.25, 0.3) is 0 Å². The number of methoxy groups -OCH3 is 1. The van der Waals surface area contributed by atoms with Gasteiger partial charge < -0.3 is 10.1 Å². The summed E-state index contributed by atoms with van der Waals surface area (Å²) in [5, 5.41) is 2.65. The summed E-state index contributed by atoms with van der Waals surface area (Å²) in [5.41, 5.74) is 2.77. The number of para-hydroxylation sites is 2. The van der Waals surface area contributed by atoms with E-state index < -0.39 is 32.5 Å². The van der Waals surface area contributed by atoms with Crippen molar-refractivity contribution < 1.29 is 26.4 Å². The van der Waals surface area contributed by atoms with Gasteiger partial charge in [-0.15, -0.1) is 0 Å². The Morgan fingerprint density at radius 2 is 1.45 bits per heavy atom. The van der Waals surface area contributed by atoms with Crippen LogP contribution in [0.1, 0.15) is 11.1 Å². The van der Waals surface area contributed by atoms with Crippen LogP contribution >= 0.6 is 0 Å². The van der Waals surface area contributed by atoms with Gasteiger partial charge in [-0.1, -0.05) is 48.0 Å². The Kier molecular flexibility index (Phi) is 8.46. The highest BCUT2D eigenvalue weighted by atomic mass is 32.2. The molecule has 0 fully saturated rings. The molecule has 0 spiro atoms. The lowest BCUT2D eigenvalue weighted by atomic mass is 10.1. The van der Waals surface area contributed by atoms with Crippen LogP contribution in [0.5, 0.6) is 5.75 Å². The molecule has 0 aromatic heterocycles. The van der Waals surface area contributed by atoms with Gasteiger partial charge in [-0.05, 0) is 74.0 Å². The molecular formula is C29H29N3O6S2. The van der Waals surface area contributed by atoms with Gasteiger partial charge in [0.15, 0.2) is 0 Å². The molecule has 4 aromatic rings. The highest BCUT2D eigenvalue weighted by Crippen LogP contribution is 2.32. The Bertz CT molecular complexity index is 1720. The van der Waals surface area contributed by atoms with E-state index in [4.69, 9.17) is 4.74 Å². The lowest BCUT2D eigenvalue weighted by Crippen LogP contribution is -2.38. The van der Waals surface area contributed by atoms with Crippen LogP contribution in [-0.4, -0.2) is 36.4 Å². The van der Waals surface area contributed by atoms with Crippen LogP contribution in [0, 0.1) is 13.8 Å². The second kappa shape index (κ2) is 11.8. The number of aryl methyl sites for hydroxylation is 2. The van der Waals surface area contributed by atoms with Crippen molar-refractivity contribution in [3.05, 3.63) is 108 Å². The molecule has 208 valence electrons. The summed E-state index contributed by atoms with van der Waals surface area (Å²) in [6.45, 7) is 3.19. The summed E-state index contributed by atoms with van der Waals surface area (Å²) < 4.78 is 61.8. The van der Waals surface area contributed by atoms with Crippen LogP contribution in [-0.2, 0) is 24.8 Å². The first-order chi connectivity index (χ1) is 19.0. The highest BCUT2D eigenvalue weighted by molar-refractivity contribution is 7.93. The van der Waals surface area contributed by atoms with Crippen LogP contribution < -0.4 is 19.1 Å². The zero-order valence-electron chi connectivity index (χ0n) is 22.2. The Hall–Kier alpha value is -4.35. The van der Waals surface area contributed by atoms with E-state index in [1.807, 2.05) is 26.0 Å². The standard InChI is InChI=1S/C29H29N3O6S2/c1-21-13-18-26(22(2)19-21)31-39(34,35)24-16-14-23(15-17-24)30-29(33)20-32(27-11-7-8-12-28(27)38-3)40(36,37)25-9-5-4-6-10-25/h4-19,31H,20H2,1-3H3,(H,30,33). The molecular weight excluding hydrogens is 550 g/mol. The van der Waals surface area contributed by atoms with Crippen molar-refractivity contribution >= 4 is 43.0 Å². The number of hydrogen-bond donors (Lipinski definition) is 2. The summed E-state index contributed by atoms with van der Waals surface area (Å²) in [5.74, 6) is -0.352. The highest BCUT2D eigenvalue weighted by Gasteiger charge is 2.29. The average molecular weight is 580 g/mol. The summed E-state index contributed by atoms with van der Waals surface area (Å²) >= 11 is 0. The summed E-state index contributed by atoms with van der Waals surface area (Å²) in [6.07, 6.45) is 0. The minimum atomic E-state index is -4.13. The van der Waals surface area contributed by atoms with Gasteiger partial charge in [0.25, 0.3) is 20.0 Å². The minimum absolute atomic E-state index is 0.00720. The third-order valence-electron chi connectivity index (χ3n) is 6.05. The fourth-order valence-corrected chi connectivity index (χ4v) is 6.62. The maximum absolute atomic E-state index is 13.6. The van der Waals surface area contributed by atoms with Gasteiger partial charge in [0, 0.05) is 5.69 Å². The monoisotopic (exact) mass is 579 g/mol. The van der Waals surface area contributed by atoms with Crippen LogP contribution in [0.2, 0.25) is 0 Å². The maximum atomic E-state index is 13.6. The molecule has 0 aliphatic heterocycles. The number of anilines is 3. The lowest BCUT2D eigenvalue weighted by Gasteiger charge is -2.25. The van der Waals surface area contributed by atoms with Gasteiger partial charge in [0.1, 0.15) is 12.3 Å². The zero-order chi connectivity index (χ0) is 28.9. The zero-order valence-corrected chi connectivity index (χ0v) is 23.8. The van der Waals surface area contributed by atoms with Crippen LogP contribution in [0.15, 0.2) is 107 Å². The van der Waals surface area contributed by atoms with Gasteiger partial charge in [0.05, 0.1) is 28.3 Å². The van der Waals surface area contributed by atoms with E-state index in [1.54, 1.807) is 48.5 Å². The first-order valence-corrected chi connectivity index (χ1v) is 15.1. The third kappa shape index (κ3) is 6.44. The smallest absolute Gasteiger partial charge is 0.264 e. The molecule has 0 saturated carbocycles. The van der Waals surface area contributed by atoms with Crippen molar-refractivity contribution in [3.63, 3.8) is 0 Å². The number of rotatable bonds is 10. The molecule has 0 heterocycles. The van der Waals surface area contributed by atoms with E-state index in [0.717, 1.165) is 15.4 Å². The second-order valence-corrected chi connectivity index (χ2v) is 12.5. The van der Waals surface area contributed by atoms with Gasteiger partial charge in [-0.25, -0.2) is 16.8 Å². The Labute approximate surface area is 234 Å². The van der Waals surface area contributed by atoms with Crippen molar-refractivity contribution in [2.75, 3.05) is 28.0 Å². The number of ether oxygens (including phenoxy) is 1. The number of carbonyl (C=O) groups excluding carboxylic acids is 1. The Morgan fingerprint density at radius 3 is 2.10 bits per heavy atom. The lowest BCUT2D eigenvalue weighted by molar-refractivity contribution is -0.114. The van der Waals surface area contributed by atoms with E-state index in [-0.39, 0.29) is 21.2 Å². The maximum Gasteiger partial charge on any atom is 0.264 e. The van der Waals surface area contributed by atoms with E-state index >= 15 is 0 Å². The second-order valence-electron chi connectivity index (χ2n) is 8.99. The van der Waals surface area contributed by atoms with Crippen molar-refractivity contribution in [2.24, 2.45) is 0 Å². The largest absolute Gasteiger partial charge is 0.495 e. The van der Waals surface area contributed by atoms with Crippen molar-refractivity contribution in [1.29, 1.82) is 0 Å². The van der Waals surface area contributed by atoms with Gasteiger partial charge in [-0.2, -0.15) is 0 Å². The van der Waals surface area contributed by atoms with Crippen molar-refractivity contribution in [2.45, 2.75) is 23.6 Å². The van der Waals surface area contributed by atoms with Crippen LogP contribution in [0.4, 0.5) is 17.1 Å². The predicted octanol–water partition coefficient (Wildman–Crippen LogP) is 4.95. The van der Waals surface area contributed by atoms with Crippen LogP contribution in [0.3, 0.4) is 0 Å². The Balaban J connectivity index is 1.55. The number of amides is 1. The summed E-state index contributed by atoms with van der Waals surface area (Å²) in [6, 6.07) is 25.3. The van der Waals surface area contributed by atoms with E-state index in [2.05, 4.69) is 10.0 Å². The summed E-state index contributed by atoms with van der Waals surface area (Å²) in [7, 11) is -6.59. The van der Waals surface area contributed by atoms with Crippen molar-refractivity contribution in [3.8, 4) is 5.75 Å². The molecule has 0 aliphatic rings. The normalized spacial score (nSPS) is 11.5. The minimum Gasteiger partial charge on any atom is -0.495 e. The summed E-state index contributed by atoms with van der Waals surface area (Å²) in [4.78, 5) is 13.1. The van der Waals surface area contributed by atoms with E-state index in [1.165, 1.54) is 43.5 Å².